The Bertz CT molecular complexity index is 247. The van der Waals surface area contributed by atoms with Crippen LogP contribution in [0, 0.1) is 11.3 Å². The minimum absolute atomic E-state index is 0.000556. The van der Waals surface area contributed by atoms with Crippen LogP contribution in [0.2, 0.25) is 0 Å². The second-order valence-corrected chi connectivity index (χ2v) is 3.59. The summed E-state index contributed by atoms with van der Waals surface area (Å²) in [5.74, 6) is -0.0531. The third kappa shape index (κ3) is 1.65. The molecule has 2 aliphatic heterocycles. The number of likely N-dealkylation sites (tertiary alicyclic amines) is 1. The molecule has 2 unspecified atom stereocenters. The fourth-order valence-electron chi connectivity index (χ4n) is 2.00. The van der Waals surface area contributed by atoms with Crippen molar-refractivity contribution in [3.63, 3.8) is 0 Å². The maximum Gasteiger partial charge on any atom is 0.236 e. The van der Waals surface area contributed by atoms with Crippen LogP contribution in [0.4, 0.5) is 0 Å². The molecule has 0 aromatic heterocycles. The van der Waals surface area contributed by atoms with E-state index in [9.17, 15) is 4.79 Å². The Labute approximate surface area is 77.1 Å². The first-order valence-electron chi connectivity index (χ1n) is 4.60. The number of amides is 1. The zero-order valence-electron chi connectivity index (χ0n) is 7.40. The van der Waals surface area contributed by atoms with Crippen molar-refractivity contribution in [1.29, 1.82) is 5.26 Å². The number of nitrogens with zero attached hydrogens (tertiary/aromatic N) is 2. The predicted octanol–water partition coefficient (Wildman–Crippen LogP) is 0.290. The highest BCUT2D eigenvalue weighted by Gasteiger charge is 2.35. The number of hydrogen-bond acceptors (Lipinski definition) is 3. The maximum atomic E-state index is 11.4. The summed E-state index contributed by atoms with van der Waals surface area (Å²) in [6, 6.07) is 1.88. The van der Waals surface area contributed by atoms with Crippen LogP contribution in [0.25, 0.3) is 0 Å². The molecule has 1 amide bonds. The van der Waals surface area contributed by atoms with Crippen molar-refractivity contribution in [3.05, 3.63) is 0 Å². The molecule has 2 bridgehead atoms. The van der Waals surface area contributed by atoms with Crippen molar-refractivity contribution in [1.82, 2.24) is 4.90 Å². The van der Waals surface area contributed by atoms with Crippen molar-refractivity contribution < 1.29 is 9.53 Å². The monoisotopic (exact) mass is 180 g/mol. The Hall–Kier alpha value is -1.08. The molecule has 0 radical (unpaired) electrons. The quantitative estimate of drug-likeness (QED) is 0.582. The first-order valence-corrected chi connectivity index (χ1v) is 4.60. The number of ether oxygens (including phenoxy) is 1. The van der Waals surface area contributed by atoms with E-state index in [1.54, 1.807) is 4.90 Å². The number of hydrogen-bond donors (Lipinski definition) is 0. The van der Waals surface area contributed by atoms with Crippen LogP contribution in [0.3, 0.4) is 0 Å². The van der Waals surface area contributed by atoms with Gasteiger partial charge < -0.3 is 9.64 Å². The second-order valence-electron chi connectivity index (χ2n) is 3.59. The van der Waals surface area contributed by atoms with Crippen LogP contribution in [0.15, 0.2) is 0 Å². The lowest BCUT2D eigenvalue weighted by atomic mass is 10.2. The molecule has 2 saturated heterocycles. The van der Waals surface area contributed by atoms with Crippen molar-refractivity contribution in [2.45, 2.75) is 31.5 Å². The van der Waals surface area contributed by atoms with E-state index < -0.39 is 0 Å². The van der Waals surface area contributed by atoms with Gasteiger partial charge in [0, 0.05) is 13.1 Å². The molecule has 0 saturated carbocycles. The topological polar surface area (TPSA) is 53.3 Å². The van der Waals surface area contributed by atoms with E-state index in [1.807, 2.05) is 6.07 Å². The SMILES string of the molecule is N#CCC(=O)N1CC2CCC(C1)O2. The molecule has 2 rings (SSSR count). The summed E-state index contributed by atoms with van der Waals surface area (Å²) in [4.78, 5) is 13.1. The number of fused-ring (bicyclic) bond motifs is 2. The Kier molecular flexibility index (Phi) is 2.19. The van der Waals surface area contributed by atoms with Crippen LogP contribution in [0.5, 0.6) is 0 Å². The van der Waals surface area contributed by atoms with Crippen molar-refractivity contribution in [3.8, 4) is 6.07 Å². The smallest absolute Gasteiger partial charge is 0.236 e. The average molecular weight is 180 g/mol. The van der Waals surface area contributed by atoms with Crippen LogP contribution in [-0.4, -0.2) is 36.1 Å². The summed E-state index contributed by atoms with van der Waals surface area (Å²) >= 11 is 0. The minimum Gasteiger partial charge on any atom is -0.371 e. The minimum atomic E-state index is -0.0531. The molecule has 0 N–H and O–H groups in total. The van der Waals surface area contributed by atoms with Gasteiger partial charge in [0.2, 0.25) is 5.91 Å². The van der Waals surface area contributed by atoms with Gasteiger partial charge in [0.05, 0.1) is 18.3 Å². The molecular formula is C9H12N2O2. The number of carbonyl (C=O) groups excluding carboxylic acids is 1. The lowest BCUT2D eigenvalue weighted by molar-refractivity contribution is -0.138. The summed E-state index contributed by atoms with van der Waals surface area (Å²) in [6.07, 6.45) is 2.56. The van der Waals surface area contributed by atoms with Crippen LogP contribution in [-0.2, 0) is 9.53 Å². The Balaban J connectivity index is 1.95. The summed E-state index contributed by atoms with van der Waals surface area (Å²) in [5, 5.41) is 8.39. The van der Waals surface area contributed by atoms with Gasteiger partial charge in [0.15, 0.2) is 0 Å². The Morgan fingerprint density at radius 2 is 2.08 bits per heavy atom. The van der Waals surface area contributed by atoms with Gasteiger partial charge in [-0.1, -0.05) is 0 Å². The van der Waals surface area contributed by atoms with Gasteiger partial charge in [-0.25, -0.2) is 0 Å². The van der Waals surface area contributed by atoms with E-state index in [4.69, 9.17) is 10.00 Å². The highest BCUT2D eigenvalue weighted by molar-refractivity contribution is 5.78. The molecule has 70 valence electrons. The van der Waals surface area contributed by atoms with Gasteiger partial charge in [0.25, 0.3) is 0 Å². The largest absolute Gasteiger partial charge is 0.371 e. The predicted molar refractivity (Wildman–Crippen MR) is 44.7 cm³/mol. The summed E-state index contributed by atoms with van der Waals surface area (Å²) < 4.78 is 5.58. The molecule has 4 nitrogen and oxygen atoms in total. The zero-order valence-corrected chi connectivity index (χ0v) is 7.40. The lowest BCUT2D eigenvalue weighted by Gasteiger charge is -2.31. The molecule has 2 fully saturated rings. The molecule has 4 heteroatoms. The standard InChI is InChI=1S/C9H12N2O2/c10-4-3-9(12)11-5-7-1-2-8(6-11)13-7/h7-8H,1-3,5-6H2. The van der Waals surface area contributed by atoms with Gasteiger partial charge in [-0.15, -0.1) is 0 Å². The second kappa shape index (κ2) is 3.35. The maximum absolute atomic E-state index is 11.4. The highest BCUT2D eigenvalue weighted by atomic mass is 16.5. The fraction of sp³-hybridized carbons (Fsp3) is 0.778. The van der Waals surface area contributed by atoms with Gasteiger partial charge in [-0.3, -0.25) is 4.79 Å². The van der Waals surface area contributed by atoms with E-state index in [0.29, 0.717) is 13.1 Å². The molecular weight excluding hydrogens is 168 g/mol. The molecule has 2 aliphatic rings. The summed E-state index contributed by atoms with van der Waals surface area (Å²) in [6.45, 7) is 1.36. The first kappa shape index (κ1) is 8.52. The molecule has 0 spiro atoms. The van der Waals surface area contributed by atoms with Crippen molar-refractivity contribution >= 4 is 5.91 Å². The van der Waals surface area contributed by atoms with Crippen LogP contribution in [0.1, 0.15) is 19.3 Å². The summed E-state index contributed by atoms with van der Waals surface area (Å²) in [7, 11) is 0. The van der Waals surface area contributed by atoms with E-state index >= 15 is 0 Å². The Morgan fingerprint density at radius 1 is 1.46 bits per heavy atom. The van der Waals surface area contributed by atoms with E-state index in [2.05, 4.69) is 0 Å². The molecule has 0 aliphatic carbocycles. The van der Waals surface area contributed by atoms with Gasteiger partial charge in [0.1, 0.15) is 6.42 Å². The average Bonchev–Trinajstić information content (AvgIpc) is 2.46. The van der Waals surface area contributed by atoms with Crippen molar-refractivity contribution in [2.24, 2.45) is 0 Å². The first-order chi connectivity index (χ1) is 6.29. The van der Waals surface area contributed by atoms with Crippen LogP contribution < -0.4 is 0 Å². The number of nitriles is 1. The lowest BCUT2D eigenvalue weighted by Crippen LogP contribution is -2.45. The van der Waals surface area contributed by atoms with Gasteiger partial charge >= 0.3 is 0 Å². The molecule has 13 heavy (non-hydrogen) atoms. The van der Waals surface area contributed by atoms with E-state index in [1.165, 1.54) is 0 Å². The van der Waals surface area contributed by atoms with Crippen LogP contribution >= 0.6 is 0 Å². The van der Waals surface area contributed by atoms with Gasteiger partial charge in [-0.05, 0) is 12.8 Å². The normalized spacial score (nSPS) is 31.5. The molecule has 0 aromatic carbocycles. The van der Waals surface area contributed by atoms with E-state index in [-0.39, 0.29) is 24.5 Å². The third-order valence-corrected chi connectivity index (χ3v) is 2.63. The zero-order chi connectivity index (χ0) is 9.26. The number of rotatable bonds is 1. The van der Waals surface area contributed by atoms with Crippen molar-refractivity contribution in [2.75, 3.05) is 13.1 Å². The summed E-state index contributed by atoms with van der Waals surface area (Å²) in [5.41, 5.74) is 0. The number of carbonyl (C=O) groups is 1. The number of morpholine rings is 1. The molecule has 2 atom stereocenters. The highest BCUT2D eigenvalue weighted by Crippen LogP contribution is 2.26. The Morgan fingerprint density at radius 3 is 2.62 bits per heavy atom. The fourth-order valence-corrected chi connectivity index (χ4v) is 2.00. The molecule has 0 aromatic rings. The van der Waals surface area contributed by atoms with Gasteiger partial charge in [-0.2, -0.15) is 5.26 Å². The molecule has 2 heterocycles. The van der Waals surface area contributed by atoms with E-state index in [0.717, 1.165) is 12.8 Å². The third-order valence-electron chi connectivity index (χ3n) is 2.63.